The van der Waals surface area contributed by atoms with Crippen molar-refractivity contribution in [1.82, 2.24) is 9.21 Å². The second kappa shape index (κ2) is 12.4. The number of amides is 1. The van der Waals surface area contributed by atoms with Crippen molar-refractivity contribution in [2.45, 2.75) is 63.0 Å². The Bertz CT molecular complexity index is 1330. The molecule has 3 aliphatic rings. The van der Waals surface area contributed by atoms with Gasteiger partial charge in [-0.3, -0.25) is 4.79 Å². The number of likely N-dealkylation sites (N-methyl/N-ethyl adjacent to an activating group) is 1. The highest BCUT2D eigenvalue weighted by Crippen LogP contribution is 2.32. The number of piperidine rings is 1. The lowest BCUT2D eigenvalue weighted by atomic mass is 9.93. The van der Waals surface area contributed by atoms with Gasteiger partial charge in [-0.1, -0.05) is 20.3 Å². The van der Waals surface area contributed by atoms with Gasteiger partial charge in [-0.05, 0) is 55.4 Å². The van der Waals surface area contributed by atoms with Crippen LogP contribution in [0.25, 0.3) is 0 Å². The van der Waals surface area contributed by atoms with Gasteiger partial charge in [0.2, 0.25) is 10.0 Å². The zero-order valence-electron chi connectivity index (χ0n) is 22.9. The van der Waals surface area contributed by atoms with Crippen molar-refractivity contribution in [3.63, 3.8) is 0 Å². The maximum Gasteiger partial charge on any atom is 0.294 e. The van der Waals surface area contributed by atoms with E-state index in [1.54, 1.807) is 11.0 Å². The van der Waals surface area contributed by atoms with E-state index in [0.29, 0.717) is 36.5 Å². The van der Waals surface area contributed by atoms with Crippen molar-refractivity contribution < 1.29 is 33.0 Å². The number of aliphatic hydroxyl groups excluding tert-OH is 1. The quantitative estimate of drug-likeness (QED) is 0.289. The van der Waals surface area contributed by atoms with E-state index in [2.05, 4.69) is 9.83 Å². The molecule has 3 heterocycles. The Morgan fingerprint density at radius 3 is 2.58 bits per heavy atom. The lowest BCUT2D eigenvalue weighted by Crippen LogP contribution is -2.42. The molecule has 1 aromatic carbocycles. The summed E-state index contributed by atoms with van der Waals surface area (Å²) < 4.78 is 34.4. The third-order valence-corrected chi connectivity index (χ3v) is 9.13. The largest absolute Gasteiger partial charge is 0.493 e. The Hall–Kier alpha value is -3.36. The van der Waals surface area contributed by atoms with Crippen LogP contribution in [0.2, 0.25) is 0 Å². The minimum atomic E-state index is -3.95. The predicted octanol–water partition coefficient (Wildman–Crippen LogP) is 2.17. The minimum absolute atomic E-state index is 0.00682. The zero-order valence-corrected chi connectivity index (χ0v) is 23.7. The first-order chi connectivity index (χ1) is 19.1. The second-order valence-corrected chi connectivity index (χ2v) is 12.0. The van der Waals surface area contributed by atoms with Crippen LogP contribution in [0.1, 0.15) is 51.5 Å². The van der Waals surface area contributed by atoms with Crippen molar-refractivity contribution in [3.8, 4) is 5.75 Å². The summed E-state index contributed by atoms with van der Waals surface area (Å²) in [6.07, 6.45) is 3.83. The van der Waals surface area contributed by atoms with Crippen LogP contribution < -0.4 is 4.74 Å². The Morgan fingerprint density at radius 2 is 1.93 bits per heavy atom. The first-order valence-corrected chi connectivity index (χ1v) is 14.9. The van der Waals surface area contributed by atoms with E-state index >= 15 is 0 Å². The number of fused-ring (bicyclic) bond motifs is 1. The van der Waals surface area contributed by atoms with Gasteiger partial charge in [-0.15, -0.1) is 10.1 Å². The Balaban J connectivity index is 1.61. The SMILES string of the molecule is CCCOc1ccc(S(=O)(=O)N2CCC([C@H](O)CO[N+](=O)[O-])CC2)cc1C1=NC(=O)C2C(=N1)C(CCC)=CN2C. The van der Waals surface area contributed by atoms with Gasteiger partial charge in [0.15, 0.2) is 11.9 Å². The molecule has 14 heteroatoms. The normalized spacial score (nSPS) is 20.9. The van der Waals surface area contributed by atoms with Gasteiger partial charge in [0.05, 0.1) is 28.9 Å². The summed E-state index contributed by atoms with van der Waals surface area (Å²) in [6.45, 7) is 4.19. The third kappa shape index (κ3) is 6.18. The zero-order chi connectivity index (χ0) is 29.0. The number of nitrogens with zero attached hydrogens (tertiary/aromatic N) is 5. The minimum Gasteiger partial charge on any atom is -0.493 e. The number of carbonyl (C=O) groups is 1. The van der Waals surface area contributed by atoms with Crippen LogP contribution in [-0.4, -0.2) is 90.8 Å². The fourth-order valence-corrected chi connectivity index (χ4v) is 6.67. The number of sulfonamides is 1. The monoisotopic (exact) mass is 577 g/mol. The average molecular weight is 578 g/mol. The number of amidine groups is 1. The molecule has 0 aliphatic carbocycles. The highest BCUT2D eigenvalue weighted by Gasteiger charge is 2.39. The Kier molecular flexibility index (Phi) is 9.21. The molecule has 1 saturated heterocycles. The standard InChI is InChI=1S/C26H35N5O8S/c1-4-6-18-15-29(3)24-23(18)27-25(28-26(24)33)20-14-19(7-8-22(20)38-13-5-2)40(36,37)30-11-9-17(10-12-30)21(32)16-39-31(34)35/h7-8,14-15,17,21,24,32H,4-6,9-13,16H2,1-3H3/t21-,24?/m1/s1. The molecule has 0 saturated carbocycles. The van der Waals surface area contributed by atoms with Gasteiger partial charge in [0.1, 0.15) is 12.4 Å². The van der Waals surface area contributed by atoms with E-state index in [1.807, 2.05) is 27.1 Å². The van der Waals surface area contributed by atoms with E-state index in [-0.39, 0.29) is 35.6 Å². The molecule has 40 heavy (non-hydrogen) atoms. The molecule has 1 N–H and O–H groups in total. The molecule has 0 spiro atoms. The topological polar surface area (TPSA) is 164 Å². The second-order valence-electron chi connectivity index (χ2n) is 10.1. The summed E-state index contributed by atoms with van der Waals surface area (Å²) in [7, 11) is -2.14. The number of hydrogen-bond donors (Lipinski definition) is 1. The van der Waals surface area contributed by atoms with Crippen LogP contribution in [0, 0.1) is 16.0 Å². The maximum absolute atomic E-state index is 13.6. The average Bonchev–Trinajstić information content (AvgIpc) is 3.25. The van der Waals surface area contributed by atoms with E-state index in [1.165, 1.54) is 16.4 Å². The number of carbonyl (C=O) groups excluding carboxylic acids is 1. The van der Waals surface area contributed by atoms with Gasteiger partial charge >= 0.3 is 0 Å². The number of ether oxygens (including phenoxy) is 1. The van der Waals surface area contributed by atoms with E-state index in [4.69, 9.17) is 9.73 Å². The molecule has 1 unspecified atom stereocenters. The van der Waals surface area contributed by atoms with E-state index in [9.17, 15) is 28.4 Å². The molecular formula is C26H35N5O8S. The number of rotatable bonds is 12. The summed E-state index contributed by atoms with van der Waals surface area (Å²) in [5.74, 6) is -0.200. The summed E-state index contributed by atoms with van der Waals surface area (Å²) in [5.41, 5.74) is 1.89. The molecule has 2 atom stereocenters. The fraction of sp³-hybridized carbons (Fsp3) is 0.577. The van der Waals surface area contributed by atoms with Crippen LogP contribution in [0.3, 0.4) is 0 Å². The van der Waals surface area contributed by atoms with Crippen molar-refractivity contribution in [2.24, 2.45) is 15.9 Å². The molecule has 1 aromatic rings. The van der Waals surface area contributed by atoms with E-state index < -0.39 is 33.9 Å². The van der Waals surface area contributed by atoms with Crippen molar-refractivity contribution in [1.29, 1.82) is 0 Å². The van der Waals surface area contributed by atoms with Crippen molar-refractivity contribution in [2.75, 3.05) is 33.4 Å². The fourth-order valence-electron chi connectivity index (χ4n) is 5.17. The third-order valence-electron chi connectivity index (χ3n) is 7.24. The van der Waals surface area contributed by atoms with Crippen LogP contribution >= 0.6 is 0 Å². The number of aliphatic imine (C=N–C) groups is 2. The molecule has 1 amide bonds. The highest BCUT2D eigenvalue weighted by molar-refractivity contribution is 7.89. The molecule has 0 bridgehead atoms. The first kappa shape index (κ1) is 29.6. The molecule has 13 nitrogen and oxygen atoms in total. The lowest BCUT2D eigenvalue weighted by molar-refractivity contribution is -0.759. The van der Waals surface area contributed by atoms with Gasteiger partial charge in [0, 0.05) is 26.3 Å². The molecule has 0 aromatic heterocycles. The summed E-state index contributed by atoms with van der Waals surface area (Å²) in [6, 6.07) is 3.88. The predicted molar refractivity (Wildman–Crippen MR) is 146 cm³/mol. The summed E-state index contributed by atoms with van der Waals surface area (Å²) >= 11 is 0. The van der Waals surface area contributed by atoms with Gasteiger partial charge in [-0.25, -0.2) is 13.4 Å². The molecule has 218 valence electrons. The molecule has 1 fully saturated rings. The Labute approximate surface area is 233 Å². The smallest absolute Gasteiger partial charge is 0.294 e. The van der Waals surface area contributed by atoms with Gasteiger partial charge in [0.25, 0.3) is 11.0 Å². The lowest BCUT2D eigenvalue weighted by Gasteiger charge is -2.33. The van der Waals surface area contributed by atoms with Gasteiger partial charge < -0.3 is 19.6 Å². The van der Waals surface area contributed by atoms with Crippen LogP contribution in [0.4, 0.5) is 0 Å². The summed E-state index contributed by atoms with van der Waals surface area (Å²) in [4.78, 5) is 38.5. The summed E-state index contributed by atoms with van der Waals surface area (Å²) in [5, 5.41) is 19.7. The number of benzene rings is 1. The van der Waals surface area contributed by atoms with Crippen LogP contribution in [-0.2, 0) is 19.7 Å². The highest BCUT2D eigenvalue weighted by atomic mass is 32.2. The van der Waals surface area contributed by atoms with Crippen molar-refractivity contribution >= 4 is 27.5 Å². The molecule has 3 aliphatic heterocycles. The van der Waals surface area contributed by atoms with E-state index in [0.717, 1.165) is 24.8 Å². The molecular weight excluding hydrogens is 542 g/mol. The molecule has 4 rings (SSSR count). The first-order valence-electron chi connectivity index (χ1n) is 13.4. The van der Waals surface area contributed by atoms with Crippen molar-refractivity contribution in [3.05, 3.63) is 45.6 Å². The number of hydrogen-bond acceptors (Lipinski definition) is 10. The van der Waals surface area contributed by atoms with Crippen LogP contribution in [0.15, 0.2) is 44.9 Å². The Morgan fingerprint density at radius 1 is 1.20 bits per heavy atom. The van der Waals surface area contributed by atoms with Gasteiger partial charge in [-0.2, -0.15) is 9.30 Å². The maximum atomic E-state index is 13.6. The molecule has 0 radical (unpaired) electrons. The van der Waals surface area contributed by atoms with Crippen LogP contribution in [0.5, 0.6) is 5.75 Å². The number of aliphatic hydroxyl groups is 1.